The van der Waals surface area contributed by atoms with Gasteiger partial charge in [0, 0.05) is 16.5 Å². The van der Waals surface area contributed by atoms with E-state index in [2.05, 4.69) is 11.4 Å². The summed E-state index contributed by atoms with van der Waals surface area (Å²) < 4.78 is 0. The number of hydrogen-bond acceptors (Lipinski definition) is 4. The van der Waals surface area contributed by atoms with E-state index in [0.717, 1.165) is 16.5 Å². The standard InChI is InChI=1S/C16H13N3O2/c1-10-16(21)18-15(20)9-19(10)14-7-6-11(8-17)12-4-2-3-5-13(12)14/h2-7,10H,9H2,1H3,(H,18,20,21). The van der Waals surface area contributed by atoms with E-state index in [9.17, 15) is 14.9 Å². The van der Waals surface area contributed by atoms with Gasteiger partial charge in [-0.1, -0.05) is 24.3 Å². The van der Waals surface area contributed by atoms with E-state index in [4.69, 9.17) is 0 Å². The van der Waals surface area contributed by atoms with Crippen LogP contribution in [0.1, 0.15) is 12.5 Å². The van der Waals surface area contributed by atoms with Gasteiger partial charge >= 0.3 is 0 Å². The van der Waals surface area contributed by atoms with Gasteiger partial charge in [0.25, 0.3) is 0 Å². The number of anilines is 1. The van der Waals surface area contributed by atoms with Gasteiger partial charge in [-0.15, -0.1) is 0 Å². The normalized spacial score (nSPS) is 18.5. The number of amides is 2. The maximum Gasteiger partial charge on any atom is 0.249 e. The molecule has 0 radical (unpaired) electrons. The molecule has 0 aromatic heterocycles. The molecule has 1 atom stereocenters. The number of hydrogen-bond donors (Lipinski definition) is 1. The number of carbonyl (C=O) groups is 2. The quantitative estimate of drug-likeness (QED) is 0.804. The van der Waals surface area contributed by atoms with Crippen molar-refractivity contribution in [2.45, 2.75) is 13.0 Å². The first-order valence-corrected chi connectivity index (χ1v) is 6.64. The summed E-state index contributed by atoms with van der Waals surface area (Å²) in [6.07, 6.45) is 0. The number of imide groups is 1. The van der Waals surface area contributed by atoms with E-state index in [1.807, 2.05) is 24.3 Å². The molecule has 1 aliphatic rings. The van der Waals surface area contributed by atoms with Crippen LogP contribution < -0.4 is 10.2 Å². The first kappa shape index (κ1) is 13.1. The van der Waals surface area contributed by atoms with Gasteiger partial charge in [0.15, 0.2) is 0 Å². The van der Waals surface area contributed by atoms with Crippen molar-refractivity contribution in [2.75, 3.05) is 11.4 Å². The van der Waals surface area contributed by atoms with Crippen molar-refractivity contribution in [3.8, 4) is 6.07 Å². The van der Waals surface area contributed by atoms with E-state index in [1.54, 1.807) is 24.0 Å². The van der Waals surface area contributed by atoms with Crippen LogP contribution in [0.15, 0.2) is 36.4 Å². The Kier molecular flexibility index (Phi) is 3.07. The molecule has 0 aliphatic carbocycles. The Hall–Kier alpha value is -2.87. The third kappa shape index (κ3) is 2.11. The third-order valence-electron chi connectivity index (χ3n) is 3.75. The number of fused-ring (bicyclic) bond motifs is 1. The van der Waals surface area contributed by atoms with Crippen LogP contribution in [-0.4, -0.2) is 24.4 Å². The van der Waals surface area contributed by atoms with Crippen LogP contribution in [0, 0.1) is 11.3 Å². The number of nitriles is 1. The van der Waals surface area contributed by atoms with Crippen LogP contribution in [0.2, 0.25) is 0 Å². The minimum absolute atomic E-state index is 0.128. The van der Waals surface area contributed by atoms with Gasteiger partial charge in [-0.05, 0) is 19.1 Å². The molecule has 0 spiro atoms. The second kappa shape index (κ2) is 4.91. The van der Waals surface area contributed by atoms with E-state index < -0.39 is 6.04 Å². The van der Waals surface area contributed by atoms with E-state index in [-0.39, 0.29) is 18.4 Å². The predicted octanol–water partition coefficient (Wildman–Crippen LogP) is 1.56. The molecule has 2 aromatic rings. The van der Waals surface area contributed by atoms with Crippen molar-refractivity contribution in [2.24, 2.45) is 0 Å². The second-order valence-electron chi connectivity index (χ2n) is 5.01. The zero-order valence-corrected chi connectivity index (χ0v) is 11.5. The summed E-state index contributed by atoms with van der Waals surface area (Å²) in [6, 6.07) is 12.8. The second-order valence-corrected chi connectivity index (χ2v) is 5.01. The van der Waals surface area contributed by atoms with Crippen LogP contribution in [-0.2, 0) is 9.59 Å². The fraction of sp³-hybridized carbons (Fsp3) is 0.188. The van der Waals surface area contributed by atoms with Crippen LogP contribution in [0.3, 0.4) is 0 Å². The van der Waals surface area contributed by atoms with Gasteiger partial charge in [-0.2, -0.15) is 5.26 Å². The highest BCUT2D eigenvalue weighted by molar-refractivity contribution is 6.07. The predicted molar refractivity (Wildman–Crippen MR) is 78.6 cm³/mol. The summed E-state index contributed by atoms with van der Waals surface area (Å²) in [5.41, 5.74) is 1.37. The molecule has 2 aromatic carbocycles. The molecule has 1 heterocycles. The number of rotatable bonds is 1. The Morgan fingerprint density at radius 2 is 1.90 bits per heavy atom. The average molecular weight is 279 g/mol. The maximum absolute atomic E-state index is 11.8. The molecule has 104 valence electrons. The number of nitrogens with zero attached hydrogens (tertiary/aromatic N) is 2. The largest absolute Gasteiger partial charge is 0.350 e. The van der Waals surface area contributed by atoms with Gasteiger partial charge in [0.2, 0.25) is 11.8 Å². The average Bonchev–Trinajstić information content (AvgIpc) is 2.50. The molecule has 1 N–H and O–H groups in total. The topological polar surface area (TPSA) is 73.2 Å². The molecular weight excluding hydrogens is 266 g/mol. The zero-order chi connectivity index (χ0) is 15.0. The molecule has 2 amide bonds. The van der Waals surface area contributed by atoms with Gasteiger partial charge in [-0.25, -0.2) is 0 Å². The lowest BCUT2D eigenvalue weighted by Crippen LogP contribution is -2.57. The Morgan fingerprint density at radius 1 is 1.19 bits per heavy atom. The number of benzene rings is 2. The summed E-state index contributed by atoms with van der Waals surface area (Å²) in [6.45, 7) is 1.89. The molecule has 5 heteroatoms. The summed E-state index contributed by atoms with van der Waals surface area (Å²) in [4.78, 5) is 25.2. The van der Waals surface area contributed by atoms with Crippen molar-refractivity contribution >= 4 is 28.3 Å². The Labute approximate surface area is 121 Å². The van der Waals surface area contributed by atoms with Gasteiger partial charge in [0.1, 0.15) is 6.04 Å². The van der Waals surface area contributed by atoms with Gasteiger partial charge in [-0.3, -0.25) is 14.9 Å². The summed E-state index contributed by atoms with van der Waals surface area (Å²) in [5.74, 6) is -0.619. The van der Waals surface area contributed by atoms with E-state index in [0.29, 0.717) is 5.56 Å². The maximum atomic E-state index is 11.8. The van der Waals surface area contributed by atoms with Crippen molar-refractivity contribution in [3.05, 3.63) is 42.0 Å². The van der Waals surface area contributed by atoms with Crippen molar-refractivity contribution in [1.29, 1.82) is 5.26 Å². The summed E-state index contributed by atoms with van der Waals surface area (Å²) in [7, 11) is 0. The first-order chi connectivity index (χ1) is 10.1. The van der Waals surface area contributed by atoms with E-state index >= 15 is 0 Å². The van der Waals surface area contributed by atoms with Gasteiger partial charge < -0.3 is 4.90 Å². The first-order valence-electron chi connectivity index (χ1n) is 6.64. The van der Waals surface area contributed by atoms with E-state index in [1.165, 1.54) is 0 Å². The lowest BCUT2D eigenvalue weighted by Gasteiger charge is -2.34. The van der Waals surface area contributed by atoms with Crippen LogP contribution >= 0.6 is 0 Å². The lowest BCUT2D eigenvalue weighted by molar-refractivity contribution is -0.132. The Morgan fingerprint density at radius 3 is 2.62 bits per heavy atom. The molecule has 3 rings (SSSR count). The van der Waals surface area contributed by atoms with Gasteiger partial charge in [0.05, 0.1) is 18.2 Å². The minimum Gasteiger partial charge on any atom is -0.350 e. The molecule has 21 heavy (non-hydrogen) atoms. The Balaban J connectivity index is 2.19. The molecule has 1 aliphatic heterocycles. The highest BCUT2D eigenvalue weighted by atomic mass is 16.2. The minimum atomic E-state index is -0.431. The van der Waals surface area contributed by atoms with Crippen LogP contribution in [0.4, 0.5) is 5.69 Å². The molecule has 1 fully saturated rings. The SMILES string of the molecule is CC1C(=O)NC(=O)CN1c1ccc(C#N)c2ccccc12. The highest BCUT2D eigenvalue weighted by Gasteiger charge is 2.31. The summed E-state index contributed by atoms with van der Waals surface area (Å²) >= 11 is 0. The van der Waals surface area contributed by atoms with Crippen molar-refractivity contribution in [3.63, 3.8) is 0 Å². The van der Waals surface area contributed by atoms with Crippen molar-refractivity contribution < 1.29 is 9.59 Å². The van der Waals surface area contributed by atoms with Crippen LogP contribution in [0.25, 0.3) is 10.8 Å². The smallest absolute Gasteiger partial charge is 0.249 e. The van der Waals surface area contributed by atoms with Crippen LogP contribution in [0.5, 0.6) is 0 Å². The number of piperazine rings is 1. The molecule has 1 saturated heterocycles. The van der Waals surface area contributed by atoms with Crippen molar-refractivity contribution in [1.82, 2.24) is 5.32 Å². The molecule has 1 unspecified atom stereocenters. The highest BCUT2D eigenvalue weighted by Crippen LogP contribution is 2.31. The molecular formula is C16H13N3O2. The Bertz CT molecular complexity index is 792. The fourth-order valence-corrected chi connectivity index (χ4v) is 2.64. The molecule has 5 nitrogen and oxygen atoms in total. The zero-order valence-electron chi connectivity index (χ0n) is 11.5. The lowest BCUT2D eigenvalue weighted by atomic mass is 10.0. The number of nitrogens with one attached hydrogen (secondary N) is 1. The monoisotopic (exact) mass is 279 g/mol. The number of carbonyl (C=O) groups excluding carboxylic acids is 2. The third-order valence-corrected chi connectivity index (χ3v) is 3.75. The fourth-order valence-electron chi connectivity index (χ4n) is 2.64. The molecule has 0 saturated carbocycles. The summed E-state index contributed by atoms with van der Waals surface area (Å²) in [5, 5.41) is 13.2. The molecule has 0 bridgehead atoms.